The van der Waals surface area contributed by atoms with Gasteiger partial charge in [-0.25, -0.2) is 0 Å². The summed E-state index contributed by atoms with van der Waals surface area (Å²) in [7, 11) is 1.07. The van der Waals surface area contributed by atoms with E-state index in [2.05, 4.69) is 0 Å². The molecule has 2 heteroatoms. The summed E-state index contributed by atoms with van der Waals surface area (Å²) in [4.78, 5) is 0. The number of hydrogen-bond acceptors (Lipinski definition) is 1. The van der Waals surface area contributed by atoms with Crippen LogP contribution in [0.1, 0.15) is 0 Å². The van der Waals surface area contributed by atoms with Crippen LogP contribution in [0.2, 0.25) is 0 Å². The maximum absolute atomic E-state index is 8.66. The SMILES string of the molecule is Oc1cccpc1. The van der Waals surface area contributed by atoms with Crippen LogP contribution in [0.25, 0.3) is 0 Å². The molecule has 0 aliphatic heterocycles. The van der Waals surface area contributed by atoms with Crippen molar-refractivity contribution in [1.29, 1.82) is 0 Å². The summed E-state index contributed by atoms with van der Waals surface area (Å²) in [6, 6.07) is 3.49. The zero-order valence-corrected chi connectivity index (χ0v) is 4.60. The normalized spacial score (nSPS) is 9.71. The summed E-state index contributed by atoms with van der Waals surface area (Å²) in [6.45, 7) is 0. The minimum Gasteiger partial charge on any atom is -0.508 e. The van der Waals surface area contributed by atoms with Crippen molar-refractivity contribution in [2.24, 2.45) is 0 Å². The maximum Gasteiger partial charge on any atom is 0.120 e. The maximum atomic E-state index is 8.66. The zero-order chi connectivity index (χ0) is 5.11. The van der Waals surface area contributed by atoms with E-state index < -0.39 is 0 Å². The second-order valence-electron chi connectivity index (χ2n) is 1.21. The fourth-order valence-corrected chi connectivity index (χ4v) is 0.864. The molecule has 0 saturated heterocycles. The number of aromatic hydroxyl groups is 1. The van der Waals surface area contributed by atoms with Crippen molar-refractivity contribution in [3.8, 4) is 5.75 Å². The van der Waals surface area contributed by atoms with Crippen molar-refractivity contribution in [2.75, 3.05) is 0 Å². The minimum absolute atomic E-state index is 0.365. The Morgan fingerprint density at radius 1 is 1.57 bits per heavy atom. The van der Waals surface area contributed by atoms with Crippen molar-refractivity contribution in [2.45, 2.75) is 0 Å². The van der Waals surface area contributed by atoms with E-state index >= 15 is 0 Å². The van der Waals surface area contributed by atoms with Crippen LogP contribution in [0.15, 0.2) is 23.7 Å². The fourth-order valence-electron chi connectivity index (χ4n) is 0.354. The van der Waals surface area contributed by atoms with E-state index in [4.69, 9.17) is 5.11 Å². The summed E-state index contributed by atoms with van der Waals surface area (Å²) in [5, 5.41) is 8.66. The molecule has 1 heterocycles. The van der Waals surface area contributed by atoms with Crippen LogP contribution in [0.3, 0.4) is 0 Å². The molecule has 0 spiro atoms. The molecule has 0 unspecified atom stereocenters. The van der Waals surface area contributed by atoms with Crippen molar-refractivity contribution in [3.63, 3.8) is 0 Å². The summed E-state index contributed by atoms with van der Waals surface area (Å²) in [5.41, 5.74) is 0. The highest BCUT2D eigenvalue weighted by Crippen LogP contribution is 2.12. The molecule has 0 amide bonds. The molecule has 0 aliphatic rings. The molecule has 1 aromatic rings. The van der Waals surface area contributed by atoms with Gasteiger partial charge in [0.15, 0.2) is 0 Å². The molecule has 0 atom stereocenters. The van der Waals surface area contributed by atoms with E-state index in [1.165, 1.54) is 0 Å². The Kier molecular flexibility index (Phi) is 1.28. The van der Waals surface area contributed by atoms with Gasteiger partial charge in [-0.2, -0.15) is 0 Å². The van der Waals surface area contributed by atoms with E-state index in [1.807, 2.05) is 11.9 Å². The first kappa shape index (κ1) is 4.61. The Hall–Kier alpha value is -0.550. The van der Waals surface area contributed by atoms with Crippen LogP contribution in [-0.4, -0.2) is 5.11 Å². The Balaban J connectivity index is 3.02. The predicted molar refractivity (Wildman–Crippen MR) is 30.6 cm³/mol. The monoisotopic (exact) mass is 112 g/mol. The topological polar surface area (TPSA) is 20.2 Å². The van der Waals surface area contributed by atoms with Crippen LogP contribution in [0.5, 0.6) is 5.75 Å². The van der Waals surface area contributed by atoms with Crippen LogP contribution in [0.4, 0.5) is 0 Å². The molecule has 0 aliphatic carbocycles. The third-order valence-electron chi connectivity index (χ3n) is 0.646. The Morgan fingerprint density at radius 2 is 2.43 bits per heavy atom. The lowest BCUT2D eigenvalue weighted by molar-refractivity contribution is 0.477. The van der Waals surface area contributed by atoms with Gasteiger partial charge in [0.2, 0.25) is 0 Å². The molecule has 7 heavy (non-hydrogen) atoms. The highest BCUT2D eigenvalue weighted by Gasteiger charge is 1.75. The van der Waals surface area contributed by atoms with E-state index in [0.717, 1.165) is 8.19 Å². The first-order valence-electron chi connectivity index (χ1n) is 1.98. The Labute approximate surface area is 43.7 Å². The Bertz CT molecular complexity index is 138. The van der Waals surface area contributed by atoms with E-state index in [-0.39, 0.29) is 0 Å². The van der Waals surface area contributed by atoms with Crippen LogP contribution < -0.4 is 0 Å². The molecule has 1 N–H and O–H groups in total. The molecular formula is C5H5OP. The van der Waals surface area contributed by atoms with Crippen molar-refractivity contribution < 1.29 is 5.11 Å². The van der Waals surface area contributed by atoms with Crippen molar-refractivity contribution in [1.82, 2.24) is 0 Å². The lowest BCUT2D eigenvalue weighted by atomic mass is 10.5. The predicted octanol–water partition coefficient (Wildman–Crippen LogP) is 1.97. The van der Waals surface area contributed by atoms with Gasteiger partial charge in [-0.3, -0.25) is 0 Å². The molecule has 0 saturated carbocycles. The van der Waals surface area contributed by atoms with Crippen LogP contribution in [-0.2, 0) is 0 Å². The second kappa shape index (κ2) is 1.94. The van der Waals surface area contributed by atoms with Gasteiger partial charge in [0.05, 0.1) is 0 Å². The number of hydrogen-bond donors (Lipinski definition) is 1. The van der Waals surface area contributed by atoms with E-state index in [1.54, 1.807) is 11.9 Å². The summed E-state index contributed by atoms with van der Waals surface area (Å²) >= 11 is 0. The lowest BCUT2D eigenvalue weighted by Gasteiger charge is -1.81. The van der Waals surface area contributed by atoms with Gasteiger partial charge in [0, 0.05) is 5.80 Å². The molecule has 0 bridgehead atoms. The molecular weight excluding hydrogens is 107 g/mol. The second-order valence-corrected chi connectivity index (χ2v) is 2.07. The van der Waals surface area contributed by atoms with Crippen LogP contribution in [0, 0.1) is 0 Å². The molecule has 0 fully saturated rings. The Morgan fingerprint density at radius 3 is 2.71 bits per heavy atom. The summed E-state index contributed by atoms with van der Waals surface area (Å²) in [5.74, 6) is 4.06. The quantitative estimate of drug-likeness (QED) is 0.544. The summed E-state index contributed by atoms with van der Waals surface area (Å²) in [6.07, 6.45) is 0. The molecule has 0 radical (unpaired) electrons. The number of rotatable bonds is 0. The third-order valence-corrected chi connectivity index (χ3v) is 1.40. The highest BCUT2D eigenvalue weighted by atomic mass is 31.0. The molecule has 0 aromatic carbocycles. The average Bonchev–Trinajstić information content (AvgIpc) is 1.69. The molecule has 1 nitrogen and oxygen atoms in total. The summed E-state index contributed by atoms with van der Waals surface area (Å²) < 4.78 is 0. The first-order valence-corrected chi connectivity index (χ1v) is 3.02. The highest BCUT2D eigenvalue weighted by molar-refractivity contribution is 7.28. The lowest BCUT2D eigenvalue weighted by Crippen LogP contribution is -1.51. The smallest absolute Gasteiger partial charge is 0.120 e. The third kappa shape index (κ3) is 1.17. The molecule has 36 valence electrons. The average molecular weight is 112 g/mol. The van der Waals surface area contributed by atoms with Gasteiger partial charge >= 0.3 is 0 Å². The molecule has 1 rings (SSSR count). The van der Waals surface area contributed by atoms with Crippen molar-refractivity contribution in [3.05, 3.63) is 23.7 Å². The van der Waals surface area contributed by atoms with Gasteiger partial charge in [0.25, 0.3) is 0 Å². The van der Waals surface area contributed by atoms with Crippen molar-refractivity contribution >= 4 is 8.19 Å². The fraction of sp³-hybridized carbons (Fsp3) is 0. The van der Waals surface area contributed by atoms with Gasteiger partial charge in [-0.05, 0) is 11.9 Å². The standard InChI is InChI=1S/C5H5OP/c6-5-2-1-3-7-4-5/h1-4,6H. The van der Waals surface area contributed by atoms with Gasteiger partial charge < -0.3 is 5.11 Å². The largest absolute Gasteiger partial charge is 0.508 e. The van der Waals surface area contributed by atoms with Gasteiger partial charge in [-0.15, -0.1) is 0 Å². The van der Waals surface area contributed by atoms with Crippen LogP contribution >= 0.6 is 8.19 Å². The van der Waals surface area contributed by atoms with E-state index in [0.29, 0.717) is 5.75 Å². The van der Waals surface area contributed by atoms with E-state index in [9.17, 15) is 0 Å². The van der Waals surface area contributed by atoms with Gasteiger partial charge in [0.1, 0.15) is 5.75 Å². The molecule has 1 aromatic heterocycles. The minimum atomic E-state index is 0.365. The zero-order valence-electron chi connectivity index (χ0n) is 3.70. The van der Waals surface area contributed by atoms with Gasteiger partial charge in [-0.1, -0.05) is 14.3 Å². The first-order chi connectivity index (χ1) is 3.39.